The molecule has 15 heavy (non-hydrogen) atoms. The van der Waals surface area contributed by atoms with Crippen LogP contribution in [0.1, 0.15) is 13.8 Å². The van der Waals surface area contributed by atoms with Gasteiger partial charge in [0.2, 0.25) is 0 Å². The fraction of sp³-hybridized carbons (Fsp3) is 0.625. The average Bonchev–Trinajstić information content (AvgIpc) is 2.01. The Morgan fingerprint density at radius 1 is 1.27 bits per heavy atom. The molecule has 0 aromatic heterocycles. The zero-order valence-corrected chi connectivity index (χ0v) is 7.90. The van der Waals surface area contributed by atoms with Crippen molar-refractivity contribution in [1.82, 2.24) is 0 Å². The van der Waals surface area contributed by atoms with Gasteiger partial charge in [-0.25, -0.2) is 4.79 Å². The normalized spacial score (nSPS) is 16.3. The van der Waals surface area contributed by atoms with E-state index in [-0.39, 0.29) is 0 Å². The number of carboxylic acids is 1. The molecule has 0 fully saturated rings. The van der Waals surface area contributed by atoms with Crippen molar-refractivity contribution in [2.24, 2.45) is 5.92 Å². The summed E-state index contributed by atoms with van der Waals surface area (Å²) in [7, 11) is 0. The highest BCUT2D eigenvalue weighted by Crippen LogP contribution is 2.41. The maximum atomic E-state index is 12.6. The zero-order valence-electron chi connectivity index (χ0n) is 7.90. The molecule has 2 nitrogen and oxygen atoms in total. The summed E-state index contributed by atoms with van der Waals surface area (Å²) in [6.07, 6.45) is -5.29. The molecule has 0 spiro atoms. The number of hydrogen-bond donors (Lipinski definition) is 1. The molecule has 0 heterocycles. The minimum Gasteiger partial charge on any atom is -0.478 e. The van der Waals surface area contributed by atoms with E-state index in [4.69, 9.17) is 5.11 Å². The van der Waals surface area contributed by atoms with Crippen LogP contribution in [0.25, 0.3) is 0 Å². The first-order valence-electron chi connectivity index (χ1n) is 3.86. The number of halogens is 5. The number of hydrogen-bond acceptors (Lipinski definition) is 1. The van der Waals surface area contributed by atoms with Gasteiger partial charge in [-0.15, -0.1) is 0 Å². The number of aliphatic carboxylic acids is 1. The first-order valence-corrected chi connectivity index (χ1v) is 3.86. The van der Waals surface area contributed by atoms with Gasteiger partial charge in [-0.2, -0.15) is 22.0 Å². The van der Waals surface area contributed by atoms with Crippen LogP contribution in [0.5, 0.6) is 0 Å². The van der Waals surface area contributed by atoms with Crippen LogP contribution in [0.3, 0.4) is 0 Å². The highest BCUT2D eigenvalue weighted by atomic mass is 19.4. The van der Waals surface area contributed by atoms with E-state index in [1.807, 2.05) is 0 Å². The quantitative estimate of drug-likeness (QED) is 0.600. The van der Waals surface area contributed by atoms with Crippen LogP contribution in [0.2, 0.25) is 0 Å². The molecule has 0 aliphatic rings. The molecular formula is C8H9F5O2. The van der Waals surface area contributed by atoms with Crippen molar-refractivity contribution in [2.75, 3.05) is 0 Å². The van der Waals surface area contributed by atoms with Gasteiger partial charge in [0, 0.05) is 11.5 Å². The lowest BCUT2D eigenvalue weighted by Crippen LogP contribution is -2.41. The summed E-state index contributed by atoms with van der Waals surface area (Å²) in [4.78, 5) is 10.2. The largest absolute Gasteiger partial charge is 0.478 e. The summed E-state index contributed by atoms with van der Waals surface area (Å²) in [5.74, 6) is -8.67. The molecule has 0 amide bonds. The maximum Gasteiger partial charge on any atom is 0.453 e. The van der Waals surface area contributed by atoms with Gasteiger partial charge in [0.1, 0.15) is 0 Å². The molecule has 0 bridgehead atoms. The van der Waals surface area contributed by atoms with E-state index in [0.29, 0.717) is 13.0 Å². The third-order valence-corrected chi connectivity index (χ3v) is 1.79. The molecule has 0 aromatic carbocycles. The lowest BCUT2D eigenvalue weighted by atomic mass is 10.0. The monoisotopic (exact) mass is 232 g/mol. The number of allylic oxidation sites excluding steroid dienone is 1. The topological polar surface area (TPSA) is 37.3 Å². The van der Waals surface area contributed by atoms with Crippen LogP contribution in [-0.2, 0) is 4.79 Å². The van der Waals surface area contributed by atoms with Crippen molar-refractivity contribution in [1.29, 1.82) is 0 Å². The Balaban J connectivity index is 4.95. The molecule has 1 unspecified atom stereocenters. The van der Waals surface area contributed by atoms with E-state index in [9.17, 15) is 26.7 Å². The molecule has 88 valence electrons. The van der Waals surface area contributed by atoms with Crippen LogP contribution in [0.4, 0.5) is 22.0 Å². The van der Waals surface area contributed by atoms with Gasteiger partial charge in [0.15, 0.2) is 0 Å². The van der Waals surface area contributed by atoms with Crippen molar-refractivity contribution in [2.45, 2.75) is 25.9 Å². The van der Waals surface area contributed by atoms with Crippen molar-refractivity contribution in [3.8, 4) is 0 Å². The van der Waals surface area contributed by atoms with E-state index in [2.05, 4.69) is 0 Å². The van der Waals surface area contributed by atoms with Crippen LogP contribution in [0, 0.1) is 5.92 Å². The van der Waals surface area contributed by atoms with Crippen LogP contribution in [-0.4, -0.2) is 23.2 Å². The lowest BCUT2D eigenvalue weighted by Gasteiger charge is -2.23. The van der Waals surface area contributed by atoms with E-state index < -0.39 is 29.6 Å². The summed E-state index contributed by atoms with van der Waals surface area (Å²) in [5, 5.41) is 8.30. The molecule has 0 aromatic rings. The smallest absolute Gasteiger partial charge is 0.453 e. The van der Waals surface area contributed by atoms with Crippen molar-refractivity contribution < 1.29 is 31.9 Å². The second kappa shape index (κ2) is 4.16. The predicted molar refractivity (Wildman–Crippen MR) is 41.6 cm³/mol. The fourth-order valence-electron chi connectivity index (χ4n) is 0.809. The van der Waals surface area contributed by atoms with Crippen molar-refractivity contribution in [3.63, 3.8) is 0 Å². The molecule has 0 radical (unpaired) electrons. The molecular weight excluding hydrogens is 223 g/mol. The molecule has 1 N–H and O–H groups in total. The molecule has 7 heteroatoms. The first-order chi connectivity index (χ1) is 6.50. The second-order valence-corrected chi connectivity index (χ2v) is 3.06. The second-order valence-electron chi connectivity index (χ2n) is 3.06. The van der Waals surface area contributed by atoms with Gasteiger partial charge in [0.05, 0.1) is 0 Å². The van der Waals surface area contributed by atoms with Crippen molar-refractivity contribution in [3.05, 3.63) is 11.6 Å². The standard InChI is InChI=1S/C8H9F5O2/c1-4(6(14)15)3-5(2)7(9,10)8(11,12)13/h3,5H,1-2H3,(H,14,15). The predicted octanol–water partition coefficient (Wildman–Crippen LogP) is 2.85. The lowest BCUT2D eigenvalue weighted by molar-refractivity contribution is -0.294. The molecule has 0 aliphatic heterocycles. The molecule has 0 aliphatic carbocycles. The number of carbonyl (C=O) groups is 1. The Kier molecular flexibility index (Phi) is 3.84. The Morgan fingerprint density at radius 3 is 1.93 bits per heavy atom. The summed E-state index contributed by atoms with van der Waals surface area (Å²) in [6.45, 7) is 1.56. The van der Waals surface area contributed by atoms with Crippen LogP contribution in [0.15, 0.2) is 11.6 Å². The molecule has 1 atom stereocenters. The van der Waals surface area contributed by atoms with Crippen LogP contribution < -0.4 is 0 Å². The molecule has 0 rings (SSSR count). The van der Waals surface area contributed by atoms with Gasteiger partial charge in [-0.1, -0.05) is 13.0 Å². The van der Waals surface area contributed by atoms with Gasteiger partial charge in [-0.05, 0) is 6.92 Å². The van der Waals surface area contributed by atoms with Gasteiger partial charge in [-0.3, -0.25) is 0 Å². The van der Waals surface area contributed by atoms with E-state index in [1.54, 1.807) is 0 Å². The van der Waals surface area contributed by atoms with Gasteiger partial charge >= 0.3 is 18.1 Å². The Labute approximate surface area is 82.4 Å². The van der Waals surface area contributed by atoms with Crippen LogP contribution >= 0.6 is 0 Å². The average molecular weight is 232 g/mol. The highest BCUT2D eigenvalue weighted by molar-refractivity contribution is 5.85. The van der Waals surface area contributed by atoms with E-state index >= 15 is 0 Å². The summed E-state index contributed by atoms with van der Waals surface area (Å²) in [5.41, 5.74) is -0.550. The maximum absolute atomic E-state index is 12.6. The summed E-state index contributed by atoms with van der Waals surface area (Å²) >= 11 is 0. The summed E-state index contributed by atoms with van der Waals surface area (Å²) < 4.78 is 60.6. The third kappa shape index (κ3) is 3.17. The van der Waals surface area contributed by atoms with E-state index in [0.717, 1.165) is 6.92 Å². The fourth-order valence-corrected chi connectivity index (χ4v) is 0.809. The number of carboxylic acid groups (broad SMARTS) is 1. The minimum absolute atomic E-state index is 0.385. The molecule has 0 saturated heterocycles. The first kappa shape index (κ1) is 13.9. The van der Waals surface area contributed by atoms with Gasteiger partial charge in [0.25, 0.3) is 0 Å². The summed E-state index contributed by atoms with van der Waals surface area (Å²) in [6, 6.07) is 0. The Bertz CT molecular complexity index is 279. The third-order valence-electron chi connectivity index (χ3n) is 1.79. The van der Waals surface area contributed by atoms with Gasteiger partial charge < -0.3 is 5.11 Å². The minimum atomic E-state index is -5.68. The Hall–Kier alpha value is -1.14. The Morgan fingerprint density at radius 2 is 1.67 bits per heavy atom. The number of alkyl halides is 5. The van der Waals surface area contributed by atoms with E-state index in [1.165, 1.54) is 0 Å². The zero-order chi connectivity index (χ0) is 12.4. The number of rotatable bonds is 3. The highest BCUT2D eigenvalue weighted by Gasteiger charge is 2.60. The SMILES string of the molecule is CC(=CC(C)C(F)(F)C(F)(F)F)C(=O)O. The molecule has 0 saturated carbocycles. The van der Waals surface area contributed by atoms with Crippen molar-refractivity contribution >= 4 is 5.97 Å².